The molecule has 0 spiro atoms. The molecule has 3 atom stereocenters. The number of ketones is 1. The highest BCUT2D eigenvalue weighted by atomic mass is 19.1. The lowest BCUT2D eigenvalue weighted by Crippen LogP contribution is -2.46. The lowest BCUT2D eigenvalue weighted by atomic mass is 9.57. The van der Waals surface area contributed by atoms with Gasteiger partial charge in [0.2, 0.25) is 0 Å². The molecule has 3 aliphatic carbocycles. The number of hydrogen-bond donors (Lipinski definition) is 0. The molecule has 0 saturated carbocycles. The number of nitrogens with zero attached hydrogens (tertiary/aromatic N) is 4. The maximum absolute atomic E-state index is 15.2. The van der Waals surface area contributed by atoms with Gasteiger partial charge in [-0.3, -0.25) is 9.78 Å². The molecule has 5 nitrogen and oxygen atoms in total. The Morgan fingerprint density at radius 2 is 1.86 bits per heavy atom. The van der Waals surface area contributed by atoms with Crippen LogP contribution < -0.4 is 0 Å². The second-order valence-corrected chi connectivity index (χ2v) is 10.6. The minimum Gasteiger partial charge on any atom is -0.293 e. The van der Waals surface area contributed by atoms with Gasteiger partial charge in [-0.15, -0.1) is 0 Å². The zero-order valence-corrected chi connectivity index (χ0v) is 21.2. The Balaban J connectivity index is 1.67. The quantitative estimate of drug-likeness (QED) is 0.428. The third-order valence-corrected chi connectivity index (χ3v) is 8.54. The molecule has 0 radical (unpaired) electrons. The molecule has 0 N–H and O–H groups in total. The highest BCUT2D eigenvalue weighted by Gasteiger charge is 2.49. The van der Waals surface area contributed by atoms with E-state index in [4.69, 9.17) is 9.97 Å². The van der Waals surface area contributed by atoms with Crippen molar-refractivity contribution in [3.63, 3.8) is 0 Å². The molecule has 0 saturated heterocycles. The van der Waals surface area contributed by atoms with Gasteiger partial charge in [-0.05, 0) is 67.4 Å². The Labute approximate surface area is 215 Å². The van der Waals surface area contributed by atoms with Crippen LogP contribution >= 0.6 is 0 Å². The molecule has 3 aliphatic rings. The van der Waals surface area contributed by atoms with E-state index in [9.17, 15) is 10.1 Å². The van der Waals surface area contributed by atoms with Crippen molar-refractivity contribution in [1.29, 1.82) is 5.26 Å². The van der Waals surface area contributed by atoms with Crippen LogP contribution in [0.2, 0.25) is 0 Å². The number of allylic oxidation sites excluding steroid dienone is 4. The average Bonchev–Trinajstić information content (AvgIpc) is 2.90. The van der Waals surface area contributed by atoms with Gasteiger partial charge in [0.05, 0.1) is 17.0 Å². The largest absolute Gasteiger partial charge is 0.293 e. The van der Waals surface area contributed by atoms with E-state index in [1.807, 2.05) is 19.2 Å². The summed E-state index contributed by atoms with van der Waals surface area (Å²) < 4.78 is 15.2. The highest BCUT2D eigenvalue weighted by Crippen LogP contribution is 2.51. The topological polar surface area (TPSA) is 79.5 Å². The first kappa shape index (κ1) is 23.4. The van der Waals surface area contributed by atoms with Crippen LogP contribution in [0.5, 0.6) is 0 Å². The summed E-state index contributed by atoms with van der Waals surface area (Å²) in [6.45, 7) is 6.05. The molecule has 184 valence electrons. The number of benzene rings is 1. The van der Waals surface area contributed by atoms with Crippen LogP contribution in [0.3, 0.4) is 0 Å². The smallest absolute Gasteiger partial charge is 0.176 e. The molecule has 3 aromatic rings. The van der Waals surface area contributed by atoms with Gasteiger partial charge >= 0.3 is 0 Å². The summed E-state index contributed by atoms with van der Waals surface area (Å²) in [5, 5.41) is 9.76. The number of aromatic nitrogens is 3. The van der Waals surface area contributed by atoms with Crippen molar-refractivity contribution in [3.05, 3.63) is 82.6 Å². The maximum atomic E-state index is 15.2. The van der Waals surface area contributed by atoms with Crippen LogP contribution in [-0.4, -0.2) is 20.7 Å². The minimum atomic E-state index is -0.651. The first-order chi connectivity index (χ1) is 17.8. The number of pyridine rings is 1. The standard InChI is InChI=1S/C31H27FN4O/c1-17-7-6-9-20-23(17)15-34-16-24(20)30-35-27(21-8-4-5-10-26(21)32)22-11-12-25-18(2)28(37)19(14-33)13-31(25,3)29(22)36-30/h4-5,7-8,10,13,15-16,18,25H,6,9,11-12H2,1-3H3/t18-,25-,31-/m1/s1. The van der Waals surface area contributed by atoms with Gasteiger partial charge in [0, 0.05) is 40.4 Å². The summed E-state index contributed by atoms with van der Waals surface area (Å²) in [6, 6.07) is 8.81. The number of halogens is 1. The summed E-state index contributed by atoms with van der Waals surface area (Å²) >= 11 is 0. The normalized spacial score (nSPS) is 24.2. The number of fused-ring (bicyclic) bond motifs is 4. The van der Waals surface area contributed by atoms with E-state index >= 15 is 4.39 Å². The fourth-order valence-corrected chi connectivity index (χ4v) is 6.60. The molecule has 0 bridgehead atoms. The summed E-state index contributed by atoms with van der Waals surface area (Å²) in [7, 11) is 0. The third-order valence-electron chi connectivity index (χ3n) is 8.54. The van der Waals surface area contributed by atoms with Crippen LogP contribution in [0, 0.1) is 29.0 Å². The number of hydrogen-bond acceptors (Lipinski definition) is 5. The van der Waals surface area contributed by atoms with Gasteiger partial charge in [-0.2, -0.15) is 5.26 Å². The molecular formula is C31H27FN4O. The molecule has 6 rings (SSSR count). The Kier molecular flexibility index (Phi) is 5.41. The third kappa shape index (κ3) is 3.48. The predicted molar refractivity (Wildman–Crippen MR) is 140 cm³/mol. The number of nitriles is 1. The first-order valence-electron chi connectivity index (χ1n) is 12.8. The molecule has 2 heterocycles. The molecule has 37 heavy (non-hydrogen) atoms. The van der Waals surface area contributed by atoms with Crippen LogP contribution in [0.15, 0.2) is 54.4 Å². The van der Waals surface area contributed by atoms with Crippen molar-refractivity contribution in [3.8, 4) is 28.7 Å². The van der Waals surface area contributed by atoms with Crippen LogP contribution in [0.25, 0.3) is 28.2 Å². The molecule has 0 fully saturated rings. The summed E-state index contributed by atoms with van der Waals surface area (Å²) in [5.74, 6) is -0.245. The molecular weight excluding hydrogens is 463 g/mol. The molecule has 6 heteroatoms. The van der Waals surface area contributed by atoms with Crippen molar-refractivity contribution < 1.29 is 9.18 Å². The zero-order valence-electron chi connectivity index (χ0n) is 21.2. The Morgan fingerprint density at radius 1 is 1.08 bits per heavy atom. The van der Waals surface area contributed by atoms with Gasteiger partial charge in [-0.1, -0.05) is 38.1 Å². The highest BCUT2D eigenvalue weighted by molar-refractivity contribution is 6.02. The SMILES string of the molecule is CC1=CCCc2c1cncc2-c1nc(-c2ccccc2F)c2c(n1)[C@]1(C)C=C(C#N)C(=O)[C@H](C)[C@H]1CC2. The Hall–Kier alpha value is -3.98. The zero-order chi connectivity index (χ0) is 25.9. The summed E-state index contributed by atoms with van der Waals surface area (Å²) in [4.78, 5) is 27.6. The van der Waals surface area contributed by atoms with Gasteiger partial charge in [0.1, 0.15) is 11.9 Å². The second kappa shape index (κ2) is 8.55. The second-order valence-electron chi connectivity index (χ2n) is 10.6. The van der Waals surface area contributed by atoms with E-state index in [1.54, 1.807) is 24.4 Å². The van der Waals surface area contributed by atoms with E-state index in [2.05, 4.69) is 31.0 Å². The fraction of sp³-hybridized carbons (Fsp3) is 0.323. The molecule has 1 aromatic carbocycles. The van der Waals surface area contributed by atoms with Crippen LogP contribution in [0.4, 0.5) is 4.39 Å². The Morgan fingerprint density at radius 3 is 2.65 bits per heavy atom. The summed E-state index contributed by atoms with van der Waals surface area (Å²) in [6.07, 6.45) is 10.8. The predicted octanol–water partition coefficient (Wildman–Crippen LogP) is 6.18. The van der Waals surface area contributed by atoms with Crippen molar-refractivity contribution in [1.82, 2.24) is 15.0 Å². The van der Waals surface area contributed by atoms with E-state index in [0.717, 1.165) is 47.2 Å². The molecule has 2 aromatic heterocycles. The van der Waals surface area contributed by atoms with Crippen molar-refractivity contribution >= 4 is 11.4 Å². The lowest BCUT2D eigenvalue weighted by molar-refractivity contribution is -0.121. The van der Waals surface area contributed by atoms with Crippen molar-refractivity contribution in [2.24, 2.45) is 11.8 Å². The van der Waals surface area contributed by atoms with E-state index < -0.39 is 5.41 Å². The molecule has 0 aliphatic heterocycles. The van der Waals surface area contributed by atoms with Gasteiger partial charge in [-0.25, -0.2) is 14.4 Å². The number of carbonyl (C=O) groups excluding carboxylic acids is 1. The van der Waals surface area contributed by atoms with Gasteiger partial charge < -0.3 is 0 Å². The van der Waals surface area contributed by atoms with Crippen molar-refractivity contribution in [2.75, 3.05) is 0 Å². The fourth-order valence-electron chi connectivity index (χ4n) is 6.60. The van der Waals surface area contributed by atoms with Crippen molar-refractivity contribution in [2.45, 2.75) is 51.9 Å². The summed E-state index contributed by atoms with van der Waals surface area (Å²) in [5.41, 5.74) is 6.45. The lowest BCUT2D eigenvalue weighted by Gasteiger charge is -2.45. The van der Waals surface area contributed by atoms with E-state index in [1.165, 1.54) is 11.6 Å². The average molecular weight is 491 g/mol. The number of carbonyl (C=O) groups is 1. The number of rotatable bonds is 2. The number of Topliss-reactive ketones (excluding diaryl/α,β-unsaturated/α-hetero) is 1. The first-order valence-corrected chi connectivity index (χ1v) is 12.8. The van der Waals surface area contributed by atoms with Crippen LogP contribution in [-0.2, 0) is 23.1 Å². The Bertz CT molecular complexity index is 1580. The van der Waals surface area contributed by atoms with E-state index in [-0.39, 0.29) is 29.0 Å². The monoisotopic (exact) mass is 490 g/mol. The van der Waals surface area contributed by atoms with Gasteiger partial charge in [0.25, 0.3) is 0 Å². The molecule has 0 unspecified atom stereocenters. The molecule has 0 amide bonds. The van der Waals surface area contributed by atoms with Crippen LogP contribution in [0.1, 0.15) is 56.0 Å². The van der Waals surface area contributed by atoms with E-state index in [0.29, 0.717) is 23.5 Å². The maximum Gasteiger partial charge on any atom is 0.176 e. The minimum absolute atomic E-state index is 0.00573. The van der Waals surface area contributed by atoms with Gasteiger partial charge in [0.15, 0.2) is 11.6 Å².